The Balaban J connectivity index is 1.34. The minimum atomic E-state index is -0.00667. The molecule has 0 spiro atoms. The Bertz CT molecular complexity index is 1250. The van der Waals surface area contributed by atoms with E-state index in [1.54, 1.807) is 0 Å². The van der Waals surface area contributed by atoms with Crippen LogP contribution in [0.5, 0.6) is 0 Å². The molecule has 0 amide bonds. The predicted molar refractivity (Wildman–Crippen MR) is 147 cm³/mol. The number of ether oxygens (including phenoxy) is 3. The Hall–Kier alpha value is -1.80. The third kappa shape index (κ3) is 4.36. The molecule has 0 aliphatic carbocycles. The lowest BCUT2D eigenvalue weighted by Crippen LogP contribution is -2.46. The van der Waals surface area contributed by atoms with E-state index in [0.717, 1.165) is 105 Å². The van der Waals surface area contributed by atoms with Crippen molar-refractivity contribution in [3.63, 3.8) is 0 Å². The maximum absolute atomic E-state index is 5.97. The van der Waals surface area contributed by atoms with Crippen LogP contribution >= 0.6 is 22.6 Å². The number of hydrogen-bond donors (Lipinski definition) is 0. The zero-order chi connectivity index (χ0) is 24.9. The Morgan fingerprint density at radius 1 is 0.973 bits per heavy atom. The van der Waals surface area contributed by atoms with Crippen LogP contribution in [0.3, 0.4) is 0 Å². The van der Waals surface area contributed by atoms with E-state index < -0.39 is 0 Å². The summed E-state index contributed by atoms with van der Waals surface area (Å²) in [7, 11) is 0. The van der Waals surface area contributed by atoms with Crippen LogP contribution in [0.2, 0.25) is 0 Å². The summed E-state index contributed by atoms with van der Waals surface area (Å²) in [6, 6.07) is 5.34. The summed E-state index contributed by atoms with van der Waals surface area (Å²) < 4.78 is 22.3. The molecule has 3 aromatic rings. The number of halogens is 1. The molecular weight excluding hydrogens is 585 g/mol. The highest BCUT2D eigenvalue weighted by molar-refractivity contribution is 14.1. The third-order valence-corrected chi connectivity index (χ3v) is 9.18. The molecule has 4 atom stereocenters. The Kier molecular flexibility index (Phi) is 6.60. The molecule has 11 heteroatoms. The van der Waals surface area contributed by atoms with E-state index in [0.29, 0.717) is 12.1 Å². The Labute approximate surface area is 230 Å². The van der Waals surface area contributed by atoms with Crippen molar-refractivity contribution >= 4 is 39.4 Å². The monoisotopic (exact) mass is 619 g/mol. The van der Waals surface area contributed by atoms with Crippen LogP contribution in [0.25, 0.3) is 16.9 Å². The van der Waals surface area contributed by atoms with E-state index in [-0.39, 0.29) is 12.3 Å². The van der Waals surface area contributed by atoms with Gasteiger partial charge in [-0.15, -0.1) is 0 Å². The highest BCUT2D eigenvalue weighted by atomic mass is 127. The molecule has 7 rings (SSSR count). The third-order valence-electron chi connectivity index (χ3n) is 8.42. The fraction of sp³-hybridized carbons (Fsp3) is 0.654. The molecule has 0 N–H and O–H groups in total. The van der Waals surface area contributed by atoms with Crippen LogP contribution in [0.1, 0.15) is 56.9 Å². The summed E-state index contributed by atoms with van der Waals surface area (Å²) >= 11 is 2.36. The van der Waals surface area contributed by atoms with Crippen LogP contribution < -0.4 is 4.90 Å². The second kappa shape index (κ2) is 10.1. The smallest absolute Gasteiger partial charge is 0.177 e. The van der Waals surface area contributed by atoms with Crippen molar-refractivity contribution in [2.24, 2.45) is 0 Å². The predicted octanol–water partition coefficient (Wildman–Crippen LogP) is 3.68. The van der Waals surface area contributed by atoms with Crippen LogP contribution in [0.4, 0.5) is 5.82 Å². The lowest BCUT2D eigenvalue weighted by atomic mass is 10.0. The Morgan fingerprint density at radius 2 is 1.78 bits per heavy atom. The summed E-state index contributed by atoms with van der Waals surface area (Å²) in [6.07, 6.45) is 7.58. The van der Waals surface area contributed by atoms with Gasteiger partial charge < -0.3 is 19.1 Å². The first-order valence-electron chi connectivity index (χ1n) is 13.6. The van der Waals surface area contributed by atoms with Crippen molar-refractivity contribution in [1.82, 2.24) is 29.4 Å². The van der Waals surface area contributed by atoms with Crippen molar-refractivity contribution < 1.29 is 14.2 Å². The summed E-state index contributed by atoms with van der Waals surface area (Å²) in [5.74, 6) is 1.81. The van der Waals surface area contributed by atoms with Gasteiger partial charge in [-0.05, 0) is 73.2 Å². The molecule has 4 fully saturated rings. The summed E-state index contributed by atoms with van der Waals surface area (Å²) in [4.78, 5) is 10.3. The number of pyridine rings is 1. The molecule has 0 radical (unpaired) electrons. The van der Waals surface area contributed by atoms with Gasteiger partial charge in [0.05, 0.1) is 43.9 Å². The number of nitrogens with zero attached hydrogens (tertiary/aromatic N) is 7. The zero-order valence-electron chi connectivity index (χ0n) is 21.3. The standard InChI is InChI=1S/C26H34IN7O3/c1-17(31-9-12-35-13-10-31)20-14-22(33-18-5-6-19(33)16-36-15-18)28-26-24(20)25(27)30-34(26)21-7-8-32(29-21)23-4-2-3-11-37-23/h7-8,14,17-19,23H,2-6,9-13,15-16H2,1H3. The quantitative estimate of drug-likeness (QED) is 0.401. The van der Waals surface area contributed by atoms with E-state index >= 15 is 0 Å². The molecule has 0 aromatic carbocycles. The van der Waals surface area contributed by atoms with Gasteiger partial charge in [-0.1, -0.05) is 0 Å². The van der Waals surface area contributed by atoms with Gasteiger partial charge in [0.1, 0.15) is 15.7 Å². The fourth-order valence-corrected chi connectivity index (χ4v) is 7.17. The van der Waals surface area contributed by atoms with Gasteiger partial charge in [0.2, 0.25) is 0 Å². The molecule has 4 aliphatic heterocycles. The summed E-state index contributed by atoms with van der Waals surface area (Å²) in [6.45, 7) is 8.05. The average Bonchev–Trinajstić information content (AvgIpc) is 3.63. The van der Waals surface area contributed by atoms with Crippen molar-refractivity contribution in [3.8, 4) is 5.82 Å². The van der Waals surface area contributed by atoms with E-state index in [1.807, 2.05) is 21.6 Å². The molecule has 3 aromatic heterocycles. The van der Waals surface area contributed by atoms with Gasteiger partial charge >= 0.3 is 0 Å². The molecule has 10 nitrogen and oxygen atoms in total. The first-order chi connectivity index (χ1) is 18.2. The normalized spacial score (nSPS) is 27.7. The summed E-state index contributed by atoms with van der Waals surface area (Å²) in [5.41, 5.74) is 2.15. The molecule has 4 unspecified atom stereocenters. The molecule has 4 aliphatic rings. The first-order valence-corrected chi connectivity index (χ1v) is 14.7. The van der Waals surface area contributed by atoms with Crippen molar-refractivity contribution in [2.45, 2.75) is 63.4 Å². The van der Waals surface area contributed by atoms with Crippen LogP contribution in [0, 0.1) is 3.70 Å². The molecule has 4 saturated heterocycles. The van der Waals surface area contributed by atoms with Crippen molar-refractivity contribution in [3.05, 3.63) is 27.6 Å². The number of fused-ring (bicyclic) bond motifs is 3. The van der Waals surface area contributed by atoms with E-state index in [2.05, 4.69) is 45.4 Å². The number of anilines is 1. The fourth-order valence-electron chi connectivity index (χ4n) is 6.41. The molecule has 198 valence electrons. The summed E-state index contributed by atoms with van der Waals surface area (Å²) in [5, 5.41) is 11.0. The van der Waals surface area contributed by atoms with Gasteiger partial charge in [-0.25, -0.2) is 9.67 Å². The van der Waals surface area contributed by atoms with E-state index in [1.165, 1.54) is 5.56 Å². The van der Waals surface area contributed by atoms with E-state index in [9.17, 15) is 0 Å². The maximum Gasteiger partial charge on any atom is 0.177 e. The number of morpholine rings is 2. The number of aromatic nitrogens is 5. The second-order valence-electron chi connectivity index (χ2n) is 10.6. The van der Waals surface area contributed by atoms with Crippen LogP contribution in [-0.2, 0) is 14.2 Å². The van der Waals surface area contributed by atoms with Crippen molar-refractivity contribution in [1.29, 1.82) is 0 Å². The number of hydrogen-bond acceptors (Lipinski definition) is 8. The van der Waals surface area contributed by atoms with Gasteiger partial charge in [0.25, 0.3) is 0 Å². The van der Waals surface area contributed by atoms with Crippen LogP contribution in [0.15, 0.2) is 18.3 Å². The maximum atomic E-state index is 5.97. The minimum absolute atomic E-state index is 0.00667. The SMILES string of the molecule is CC(c1cc(N2C3CCC2COC3)nc2c1c(I)nn2-c1ccn(C2CCCCO2)n1)N1CCOCC1. The lowest BCUT2D eigenvalue weighted by Gasteiger charge is -2.37. The molecule has 0 saturated carbocycles. The van der Waals surface area contributed by atoms with Gasteiger partial charge in [-0.2, -0.15) is 14.9 Å². The second-order valence-corrected chi connectivity index (χ2v) is 11.6. The average molecular weight is 620 g/mol. The van der Waals surface area contributed by atoms with Gasteiger partial charge in [-0.3, -0.25) is 4.90 Å². The first kappa shape index (κ1) is 24.3. The van der Waals surface area contributed by atoms with Gasteiger partial charge in [0, 0.05) is 38.0 Å². The lowest BCUT2D eigenvalue weighted by molar-refractivity contribution is -0.0395. The molecule has 7 heterocycles. The van der Waals surface area contributed by atoms with Crippen molar-refractivity contribution in [2.75, 3.05) is 51.0 Å². The van der Waals surface area contributed by atoms with Gasteiger partial charge in [0.15, 0.2) is 11.5 Å². The molecular formula is C26H34IN7O3. The van der Waals surface area contributed by atoms with E-state index in [4.69, 9.17) is 29.4 Å². The zero-order valence-corrected chi connectivity index (χ0v) is 23.4. The minimum Gasteiger partial charge on any atom is -0.379 e. The Morgan fingerprint density at radius 3 is 2.54 bits per heavy atom. The largest absolute Gasteiger partial charge is 0.379 e. The highest BCUT2D eigenvalue weighted by Gasteiger charge is 2.39. The molecule has 37 heavy (non-hydrogen) atoms. The highest BCUT2D eigenvalue weighted by Crippen LogP contribution is 2.39. The topological polar surface area (TPSA) is 82.7 Å². The number of rotatable bonds is 5. The molecule has 2 bridgehead atoms. The van der Waals surface area contributed by atoms with Crippen LogP contribution in [-0.4, -0.2) is 87.7 Å².